The highest BCUT2D eigenvalue weighted by atomic mass is 16.2. The Morgan fingerprint density at radius 2 is 2.21 bits per heavy atom. The zero-order chi connectivity index (χ0) is 13.7. The predicted octanol–water partition coefficient (Wildman–Crippen LogP) is 2.00. The van der Waals surface area contributed by atoms with E-state index in [-0.39, 0.29) is 5.92 Å². The van der Waals surface area contributed by atoms with Crippen LogP contribution in [0.1, 0.15) is 24.5 Å². The van der Waals surface area contributed by atoms with Crippen LogP contribution in [0.15, 0.2) is 24.3 Å². The fourth-order valence-corrected chi connectivity index (χ4v) is 2.66. The normalized spacial score (nSPS) is 17.9. The summed E-state index contributed by atoms with van der Waals surface area (Å²) in [6.07, 6.45) is 1.90. The van der Waals surface area contributed by atoms with E-state index < -0.39 is 0 Å². The summed E-state index contributed by atoms with van der Waals surface area (Å²) in [4.78, 5) is 14.5. The number of benzene rings is 1. The lowest BCUT2D eigenvalue weighted by atomic mass is 9.98. The van der Waals surface area contributed by atoms with E-state index in [1.807, 2.05) is 11.8 Å². The lowest BCUT2D eigenvalue weighted by Gasteiger charge is -2.24. The molecule has 19 heavy (non-hydrogen) atoms. The molecule has 1 saturated heterocycles. The minimum Gasteiger partial charge on any atom is -0.341 e. The number of rotatable bonds is 3. The molecule has 1 unspecified atom stereocenters. The van der Waals surface area contributed by atoms with Crippen LogP contribution in [0.3, 0.4) is 0 Å². The van der Waals surface area contributed by atoms with Gasteiger partial charge in [0.2, 0.25) is 5.91 Å². The number of aryl methyl sites for hydroxylation is 1. The predicted molar refractivity (Wildman–Crippen MR) is 78.1 cm³/mol. The Kier molecular flexibility index (Phi) is 4.97. The number of hydrogen-bond acceptors (Lipinski definition) is 2. The topological polar surface area (TPSA) is 32.3 Å². The van der Waals surface area contributed by atoms with Gasteiger partial charge in [-0.1, -0.05) is 36.8 Å². The highest BCUT2D eigenvalue weighted by Crippen LogP contribution is 2.13. The summed E-state index contributed by atoms with van der Waals surface area (Å²) in [6, 6.07) is 8.45. The number of nitrogens with one attached hydrogen (secondary N) is 1. The van der Waals surface area contributed by atoms with Gasteiger partial charge in [-0.25, -0.2) is 0 Å². The van der Waals surface area contributed by atoms with E-state index in [0.717, 1.165) is 39.0 Å². The lowest BCUT2D eigenvalue weighted by molar-refractivity contribution is -0.134. The molecule has 3 nitrogen and oxygen atoms in total. The fraction of sp³-hybridized carbons (Fsp3) is 0.562. The monoisotopic (exact) mass is 260 g/mol. The largest absolute Gasteiger partial charge is 0.341 e. The van der Waals surface area contributed by atoms with Gasteiger partial charge in [-0.15, -0.1) is 0 Å². The van der Waals surface area contributed by atoms with Crippen molar-refractivity contribution < 1.29 is 4.79 Å². The molecule has 0 radical (unpaired) electrons. The first-order valence-electron chi connectivity index (χ1n) is 7.22. The van der Waals surface area contributed by atoms with Crippen molar-refractivity contribution in [2.24, 2.45) is 5.92 Å². The molecule has 1 aromatic rings. The molecule has 1 N–H and O–H groups in total. The van der Waals surface area contributed by atoms with Gasteiger partial charge in [-0.3, -0.25) is 4.79 Å². The molecule has 0 bridgehead atoms. The lowest BCUT2D eigenvalue weighted by Crippen LogP contribution is -2.38. The van der Waals surface area contributed by atoms with Crippen molar-refractivity contribution in [2.45, 2.75) is 26.7 Å². The molecular formula is C16H24N2O. The van der Waals surface area contributed by atoms with E-state index in [4.69, 9.17) is 0 Å². The molecule has 3 heteroatoms. The van der Waals surface area contributed by atoms with Gasteiger partial charge in [-0.05, 0) is 31.9 Å². The molecule has 2 rings (SSSR count). The van der Waals surface area contributed by atoms with Crippen molar-refractivity contribution in [1.29, 1.82) is 0 Å². The second kappa shape index (κ2) is 6.71. The van der Waals surface area contributed by atoms with Crippen LogP contribution >= 0.6 is 0 Å². The number of carbonyl (C=O) groups is 1. The van der Waals surface area contributed by atoms with Crippen molar-refractivity contribution in [3.63, 3.8) is 0 Å². The van der Waals surface area contributed by atoms with Gasteiger partial charge < -0.3 is 10.2 Å². The van der Waals surface area contributed by atoms with E-state index in [9.17, 15) is 4.79 Å². The first kappa shape index (κ1) is 14.1. The Hall–Kier alpha value is -1.35. The SMILES string of the molecule is Cc1cccc(CC(C)C(=O)N2CCCNCC2)c1. The van der Waals surface area contributed by atoms with E-state index in [0.29, 0.717) is 5.91 Å². The maximum Gasteiger partial charge on any atom is 0.225 e. The Morgan fingerprint density at radius 1 is 1.37 bits per heavy atom. The Balaban J connectivity index is 1.94. The minimum atomic E-state index is 0.0694. The molecule has 1 heterocycles. The van der Waals surface area contributed by atoms with Crippen molar-refractivity contribution in [2.75, 3.05) is 26.2 Å². The van der Waals surface area contributed by atoms with Gasteiger partial charge in [0.25, 0.3) is 0 Å². The molecule has 1 fully saturated rings. The van der Waals surface area contributed by atoms with Gasteiger partial charge in [0.05, 0.1) is 0 Å². The summed E-state index contributed by atoms with van der Waals surface area (Å²) in [5, 5.41) is 3.33. The van der Waals surface area contributed by atoms with Crippen molar-refractivity contribution in [1.82, 2.24) is 10.2 Å². The standard InChI is InChI=1S/C16H24N2O/c1-13-5-3-6-15(11-13)12-14(2)16(19)18-9-4-7-17-8-10-18/h3,5-6,11,14,17H,4,7-10,12H2,1-2H3. The molecule has 1 aromatic carbocycles. The molecule has 0 saturated carbocycles. The zero-order valence-electron chi connectivity index (χ0n) is 12.0. The highest BCUT2D eigenvalue weighted by molar-refractivity contribution is 5.78. The van der Waals surface area contributed by atoms with E-state index >= 15 is 0 Å². The summed E-state index contributed by atoms with van der Waals surface area (Å²) in [6.45, 7) is 7.82. The van der Waals surface area contributed by atoms with E-state index in [1.54, 1.807) is 0 Å². The third kappa shape index (κ3) is 4.06. The van der Waals surface area contributed by atoms with Gasteiger partial charge in [0, 0.05) is 25.6 Å². The van der Waals surface area contributed by atoms with Crippen LogP contribution in [0, 0.1) is 12.8 Å². The maximum absolute atomic E-state index is 12.4. The van der Waals surface area contributed by atoms with Crippen molar-refractivity contribution >= 4 is 5.91 Å². The fourth-order valence-electron chi connectivity index (χ4n) is 2.66. The van der Waals surface area contributed by atoms with Gasteiger partial charge in [-0.2, -0.15) is 0 Å². The number of nitrogens with zero attached hydrogens (tertiary/aromatic N) is 1. The minimum absolute atomic E-state index is 0.0694. The molecular weight excluding hydrogens is 236 g/mol. The van der Waals surface area contributed by atoms with Crippen LogP contribution in [-0.4, -0.2) is 37.0 Å². The Morgan fingerprint density at radius 3 is 3.00 bits per heavy atom. The molecule has 1 amide bonds. The second-order valence-corrected chi connectivity index (χ2v) is 5.52. The zero-order valence-corrected chi connectivity index (χ0v) is 12.0. The quantitative estimate of drug-likeness (QED) is 0.901. The molecule has 1 aliphatic heterocycles. The van der Waals surface area contributed by atoms with Gasteiger partial charge in [0.15, 0.2) is 0 Å². The van der Waals surface area contributed by atoms with Crippen LogP contribution in [-0.2, 0) is 11.2 Å². The molecule has 0 aromatic heterocycles. The highest BCUT2D eigenvalue weighted by Gasteiger charge is 2.21. The molecule has 0 spiro atoms. The molecule has 1 atom stereocenters. The number of hydrogen-bond donors (Lipinski definition) is 1. The first-order valence-corrected chi connectivity index (χ1v) is 7.22. The average Bonchev–Trinajstić information content (AvgIpc) is 2.66. The van der Waals surface area contributed by atoms with E-state index in [1.165, 1.54) is 11.1 Å². The molecule has 1 aliphatic rings. The van der Waals surface area contributed by atoms with Crippen LogP contribution in [0.5, 0.6) is 0 Å². The van der Waals surface area contributed by atoms with Crippen LogP contribution in [0.25, 0.3) is 0 Å². The van der Waals surface area contributed by atoms with Crippen LogP contribution in [0.4, 0.5) is 0 Å². The number of amides is 1. The Labute approximate surface area is 116 Å². The number of carbonyl (C=O) groups excluding carboxylic acids is 1. The third-order valence-corrected chi connectivity index (χ3v) is 3.70. The summed E-state index contributed by atoms with van der Waals surface area (Å²) >= 11 is 0. The van der Waals surface area contributed by atoms with Crippen molar-refractivity contribution in [3.8, 4) is 0 Å². The van der Waals surface area contributed by atoms with E-state index in [2.05, 4.69) is 36.5 Å². The summed E-state index contributed by atoms with van der Waals surface area (Å²) in [7, 11) is 0. The smallest absolute Gasteiger partial charge is 0.225 e. The third-order valence-electron chi connectivity index (χ3n) is 3.70. The summed E-state index contributed by atoms with van der Waals surface area (Å²) < 4.78 is 0. The maximum atomic E-state index is 12.4. The van der Waals surface area contributed by atoms with Crippen LogP contribution < -0.4 is 5.32 Å². The molecule has 104 valence electrons. The average molecular weight is 260 g/mol. The Bertz CT molecular complexity index is 423. The van der Waals surface area contributed by atoms with Gasteiger partial charge >= 0.3 is 0 Å². The summed E-state index contributed by atoms with van der Waals surface area (Å²) in [5.74, 6) is 0.366. The second-order valence-electron chi connectivity index (χ2n) is 5.52. The van der Waals surface area contributed by atoms with Gasteiger partial charge in [0.1, 0.15) is 0 Å². The van der Waals surface area contributed by atoms with Crippen molar-refractivity contribution in [3.05, 3.63) is 35.4 Å². The summed E-state index contributed by atoms with van der Waals surface area (Å²) in [5.41, 5.74) is 2.52. The first-order chi connectivity index (χ1) is 9.16. The van der Waals surface area contributed by atoms with Crippen LogP contribution in [0.2, 0.25) is 0 Å². The molecule has 0 aliphatic carbocycles.